The van der Waals surface area contributed by atoms with Crippen molar-refractivity contribution in [2.24, 2.45) is 0 Å². The molecule has 1 aromatic rings. The Bertz CT molecular complexity index is 396. The molecule has 17 heavy (non-hydrogen) atoms. The molecule has 0 aliphatic heterocycles. The molecule has 1 aromatic carbocycles. The summed E-state index contributed by atoms with van der Waals surface area (Å²) in [6, 6.07) is 5.37. The maximum Gasteiger partial charge on any atom is 0.236 e. The number of halogens is 1. The van der Waals surface area contributed by atoms with Crippen molar-refractivity contribution >= 4 is 17.5 Å². The van der Waals surface area contributed by atoms with Crippen LogP contribution >= 0.6 is 11.6 Å². The van der Waals surface area contributed by atoms with Crippen LogP contribution in [0.2, 0.25) is 5.02 Å². The van der Waals surface area contributed by atoms with Gasteiger partial charge in [-0.3, -0.25) is 4.79 Å². The number of ether oxygens (including phenoxy) is 1. The minimum atomic E-state index is 0.0227. The van der Waals surface area contributed by atoms with Crippen molar-refractivity contribution in [1.82, 2.24) is 10.2 Å². The van der Waals surface area contributed by atoms with Gasteiger partial charge in [-0.05, 0) is 25.2 Å². The molecule has 94 valence electrons. The number of benzene rings is 1. The molecule has 0 saturated carbocycles. The number of amides is 1. The van der Waals surface area contributed by atoms with Crippen molar-refractivity contribution < 1.29 is 9.53 Å². The fraction of sp³-hybridized carbons (Fsp3) is 0.417. The van der Waals surface area contributed by atoms with Crippen LogP contribution in [0.25, 0.3) is 0 Å². The van der Waals surface area contributed by atoms with E-state index in [2.05, 4.69) is 5.32 Å². The van der Waals surface area contributed by atoms with Gasteiger partial charge in [0.2, 0.25) is 5.91 Å². The van der Waals surface area contributed by atoms with Crippen LogP contribution in [0, 0.1) is 0 Å². The van der Waals surface area contributed by atoms with E-state index < -0.39 is 0 Å². The summed E-state index contributed by atoms with van der Waals surface area (Å²) >= 11 is 5.93. The third kappa shape index (κ3) is 3.91. The van der Waals surface area contributed by atoms with E-state index in [1.165, 1.54) is 0 Å². The summed E-state index contributed by atoms with van der Waals surface area (Å²) < 4.78 is 5.23. The molecule has 0 saturated heterocycles. The molecule has 0 aliphatic carbocycles. The first kappa shape index (κ1) is 13.8. The lowest BCUT2D eigenvalue weighted by molar-refractivity contribution is -0.129. The summed E-state index contributed by atoms with van der Waals surface area (Å²) in [7, 11) is 5.09. The first-order valence-electron chi connectivity index (χ1n) is 5.29. The highest BCUT2D eigenvalue weighted by atomic mass is 35.5. The molecule has 0 radical (unpaired) electrons. The minimum Gasteiger partial charge on any atom is -0.496 e. The van der Waals surface area contributed by atoms with Crippen LogP contribution in [-0.2, 0) is 11.3 Å². The van der Waals surface area contributed by atoms with Gasteiger partial charge in [-0.25, -0.2) is 0 Å². The van der Waals surface area contributed by atoms with Gasteiger partial charge in [0.15, 0.2) is 0 Å². The molecule has 4 nitrogen and oxygen atoms in total. The van der Waals surface area contributed by atoms with Gasteiger partial charge < -0.3 is 15.0 Å². The van der Waals surface area contributed by atoms with Crippen LogP contribution in [0.4, 0.5) is 0 Å². The van der Waals surface area contributed by atoms with E-state index in [0.717, 1.165) is 11.3 Å². The molecule has 1 rings (SSSR count). The zero-order valence-electron chi connectivity index (χ0n) is 10.3. The second kappa shape index (κ2) is 6.47. The largest absolute Gasteiger partial charge is 0.496 e. The summed E-state index contributed by atoms with van der Waals surface area (Å²) in [6.07, 6.45) is 0. The van der Waals surface area contributed by atoms with Crippen LogP contribution in [0.3, 0.4) is 0 Å². The Labute approximate surface area is 107 Å². The Kier molecular flexibility index (Phi) is 5.25. The van der Waals surface area contributed by atoms with Crippen LogP contribution in [0.1, 0.15) is 5.56 Å². The number of likely N-dealkylation sites (N-methyl/N-ethyl adjacent to an activating group) is 2. The molecule has 5 heteroatoms. The van der Waals surface area contributed by atoms with Gasteiger partial charge in [0.1, 0.15) is 5.75 Å². The number of hydrogen-bond acceptors (Lipinski definition) is 3. The molecule has 0 heterocycles. The Balaban J connectivity index is 2.79. The quantitative estimate of drug-likeness (QED) is 0.869. The van der Waals surface area contributed by atoms with E-state index in [0.29, 0.717) is 18.1 Å². The fourth-order valence-electron chi connectivity index (χ4n) is 1.50. The van der Waals surface area contributed by atoms with Crippen LogP contribution in [-0.4, -0.2) is 38.6 Å². The number of methoxy groups -OCH3 is 1. The maximum absolute atomic E-state index is 11.6. The third-order valence-electron chi connectivity index (χ3n) is 2.40. The Morgan fingerprint density at radius 2 is 2.24 bits per heavy atom. The number of carbonyl (C=O) groups excluding carboxylic acids is 1. The predicted molar refractivity (Wildman–Crippen MR) is 68.4 cm³/mol. The number of nitrogens with one attached hydrogen (secondary N) is 1. The Morgan fingerprint density at radius 1 is 1.53 bits per heavy atom. The predicted octanol–water partition coefficient (Wildman–Crippen LogP) is 1.53. The lowest BCUT2D eigenvalue weighted by atomic mass is 10.2. The molecule has 1 N–H and O–H groups in total. The van der Waals surface area contributed by atoms with Crippen molar-refractivity contribution in [1.29, 1.82) is 0 Å². The third-order valence-corrected chi connectivity index (χ3v) is 2.64. The zero-order chi connectivity index (χ0) is 12.8. The van der Waals surface area contributed by atoms with E-state index >= 15 is 0 Å². The Hall–Kier alpha value is -1.26. The molecular weight excluding hydrogens is 240 g/mol. The highest BCUT2D eigenvalue weighted by molar-refractivity contribution is 6.30. The maximum atomic E-state index is 11.6. The summed E-state index contributed by atoms with van der Waals surface area (Å²) in [5.74, 6) is 0.757. The number of rotatable bonds is 5. The number of hydrogen-bond donors (Lipinski definition) is 1. The first-order chi connectivity index (χ1) is 8.08. The van der Waals surface area contributed by atoms with E-state index in [4.69, 9.17) is 16.3 Å². The van der Waals surface area contributed by atoms with Gasteiger partial charge >= 0.3 is 0 Å². The summed E-state index contributed by atoms with van der Waals surface area (Å²) in [4.78, 5) is 13.3. The summed E-state index contributed by atoms with van der Waals surface area (Å²) in [5, 5.41) is 3.46. The van der Waals surface area contributed by atoms with E-state index in [1.54, 1.807) is 38.2 Å². The van der Waals surface area contributed by atoms with Gasteiger partial charge in [0, 0.05) is 24.2 Å². The van der Waals surface area contributed by atoms with E-state index in [-0.39, 0.29) is 5.91 Å². The van der Waals surface area contributed by atoms with Gasteiger partial charge in [-0.1, -0.05) is 11.6 Å². The molecule has 0 aromatic heterocycles. The molecular formula is C12H17ClN2O2. The molecule has 0 fully saturated rings. The van der Waals surface area contributed by atoms with Gasteiger partial charge in [-0.15, -0.1) is 0 Å². The standard InChI is InChI=1S/C12H17ClN2O2/c1-14-7-12(16)15(2)8-9-6-10(13)4-5-11(9)17-3/h4-6,14H,7-8H2,1-3H3. The number of carbonyl (C=O) groups is 1. The highest BCUT2D eigenvalue weighted by Gasteiger charge is 2.11. The van der Waals surface area contributed by atoms with E-state index in [9.17, 15) is 4.79 Å². The van der Waals surface area contributed by atoms with Crippen molar-refractivity contribution in [2.75, 3.05) is 27.7 Å². The highest BCUT2D eigenvalue weighted by Crippen LogP contribution is 2.23. The van der Waals surface area contributed by atoms with Crippen LogP contribution in [0.5, 0.6) is 5.75 Å². The van der Waals surface area contributed by atoms with Crippen molar-refractivity contribution in [3.05, 3.63) is 28.8 Å². The zero-order valence-corrected chi connectivity index (χ0v) is 11.0. The number of nitrogens with zero attached hydrogens (tertiary/aromatic N) is 1. The smallest absolute Gasteiger partial charge is 0.236 e. The van der Waals surface area contributed by atoms with Crippen LogP contribution in [0.15, 0.2) is 18.2 Å². The molecule has 0 unspecified atom stereocenters. The van der Waals surface area contributed by atoms with Crippen molar-refractivity contribution in [3.63, 3.8) is 0 Å². The SMILES string of the molecule is CNCC(=O)N(C)Cc1cc(Cl)ccc1OC. The van der Waals surface area contributed by atoms with E-state index in [1.807, 2.05) is 6.07 Å². The topological polar surface area (TPSA) is 41.6 Å². The van der Waals surface area contributed by atoms with Crippen molar-refractivity contribution in [3.8, 4) is 5.75 Å². The fourth-order valence-corrected chi connectivity index (χ4v) is 1.70. The van der Waals surface area contributed by atoms with Crippen LogP contribution < -0.4 is 10.1 Å². The lowest BCUT2D eigenvalue weighted by Crippen LogP contribution is -2.33. The van der Waals surface area contributed by atoms with Gasteiger partial charge in [0.25, 0.3) is 0 Å². The average Bonchev–Trinajstić information content (AvgIpc) is 2.29. The van der Waals surface area contributed by atoms with Gasteiger partial charge in [0.05, 0.1) is 13.7 Å². The second-order valence-electron chi connectivity index (χ2n) is 3.74. The minimum absolute atomic E-state index is 0.0227. The first-order valence-corrected chi connectivity index (χ1v) is 5.67. The molecule has 0 aliphatic rings. The Morgan fingerprint density at radius 3 is 2.82 bits per heavy atom. The summed E-state index contributed by atoms with van der Waals surface area (Å²) in [5.41, 5.74) is 0.895. The molecule has 0 bridgehead atoms. The summed E-state index contributed by atoms with van der Waals surface area (Å²) in [6.45, 7) is 0.795. The normalized spacial score (nSPS) is 10.1. The monoisotopic (exact) mass is 256 g/mol. The van der Waals surface area contributed by atoms with Gasteiger partial charge in [-0.2, -0.15) is 0 Å². The average molecular weight is 257 g/mol. The van der Waals surface area contributed by atoms with Crippen molar-refractivity contribution in [2.45, 2.75) is 6.54 Å². The lowest BCUT2D eigenvalue weighted by Gasteiger charge is -2.18. The molecule has 0 spiro atoms. The molecule has 0 atom stereocenters. The second-order valence-corrected chi connectivity index (χ2v) is 4.17. The molecule has 1 amide bonds.